The topological polar surface area (TPSA) is 60.5 Å². The summed E-state index contributed by atoms with van der Waals surface area (Å²) in [4.78, 5) is 17.4. The third kappa shape index (κ3) is 3.30. The van der Waals surface area contributed by atoms with Crippen molar-refractivity contribution in [1.29, 1.82) is 0 Å². The van der Waals surface area contributed by atoms with Gasteiger partial charge in [0.2, 0.25) is 0 Å². The number of nitrogens with one attached hydrogen (secondary N) is 1. The Balaban J connectivity index is 1.51. The van der Waals surface area contributed by atoms with Crippen LogP contribution in [0.25, 0.3) is 22.0 Å². The summed E-state index contributed by atoms with van der Waals surface area (Å²) in [7, 11) is 1.47. The van der Waals surface area contributed by atoms with E-state index in [-0.39, 0.29) is 28.7 Å². The number of aromatic nitrogens is 1. The van der Waals surface area contributed by atoms with Gasteiger partial charge < -0.3 is 14.8 Å². The number of hydrogen-bond donors (Lipinski definition) is 1. The quantitative estimate of drug-likeness (QED) is 0.491. The highest BCUT2D eigenvalue weighted by atomic mass is 19.1. The standard InChI is InChI=1S/C28H29FN2O3/c1-17-3-8-21-22(13-17)30-25(31-28-14-27(15-28,16-28)26(32)33-2)24(19-9-11-34-12-10-19)23(21)18-4-6-20(29)7-5-18/h3-8,13,19H,9-12,14-16H2,1-2H3,(H,30,31). The lowest BCUT2D eigenvalue weighted by Crippen LogP contribution is -2.74. The van der Waals surface area contributed by atoms with Gasteiger partial charge in [0, 0.05) is 29.7 Å². The summed E-state index contributed by atoms with van der Waals surface area (Å²) < 4.78 is 24.6. The van der Waals surface area contributed by atoms with E-state index in [1.807, 2.05) is 12.1 Å². The Bertz CT molecular complexity index is 1260. The molecule has 2 heterocycles. The SMILES string of the molecule is COC(=O)C12CC(Nc3nc4cc(C)ccc4c(-c4ccc(F)cc4)c3C3CCOCC3)(C1)C2. The normalized spacial score (nSPS) is 26.0. The summed E-state index contributed by atoms with van der Waals surface area (Å²) in [5, 5.41) is 4.87. The maximum atomic E-state index is 13.8. The molecular weight excluding hydrogens is 431 g/mol. The van der Waals surface area contributed by atoms with Gasteiger partial charge in [0.15, 0.2) is 0 Å². The minimum absolute atomic E-state index is 0.102. The molecule has 0 unspecified atom stereocenters. The first-order valence-electron chi connectivity index (χ1n) is 12.1. The molecule has 1 saturated heterocycles. The molecular formula is C28H29FN2O3. The van der Waals surface area contributed by atoms with Crippen LogP contribution in [-0.4, -0.2) is 36.8 Å². The number of anilines is 1. The number of methoxy groups -OCH3 is 1. The Morgan fingerprint density at radius 1 is 1.12 bits per heavy atom. The minimum Gasteiger partial charge on any atom is -0.469 e. The number of fused-ring (bicyclic) bond motifs is 1. The molecule has 1 aromatic heterocycles. The first-order chi connectivity index (χ1) is 16.4. The lowest BCUT2D eigenvalue weighted by molar-refractivity contribution is -0.190. The van der Waals surface area contributed by atoms with Crippen LogP contribution in [0.5, 0.6) is 0 Å². The first kappa shape index (κ1) is 21.5. The summed E-state index contributed by atoms with van der Waals surface area (Å²) in [6, 6.07) is 13.1. The smallest absolute Gasteiger partial charge is 0.312 e. The first-order valence-corrected chi connectivity index (χ1v) is 12.1. The largest absolute Gasteiger partial charge is 0.469 e. The second-order valence-electron chi connectivity index (χ2n) is 10.4. The van der Waals surface area contributed by atoms with Crippen molar-refractivity contribution in [1.82, 2.24) is 4.98 Å². The average Bonchev–Trinajstić information content (AvgIpc) is 2.80. The fourth-order valence-corrected chi connectivity index (χ4v) is 6.40. The second kappa shape index (κ2) is 7.77. The zero-order valence-corrected chi connectivity index (χ0v) is 19.6. The molecule has 2 bridgehead atoms. The maximum Gasteiger partial charge on any atom is 0.312 e. The average molecular weight is 461 g/mol. The number of ether oxygens (including phenoxy) is 2. The van der Waals surface area contributed by atoms with Crippen molar-refractivity contribution in [3.63, 3.8) is 0 Å². The summed E-state index contributed by atoms with van der Waals surface area (Å²) in [6.45, 7) is 3.50. The van der Waals surface area contributed by atoms with Crippen LogP contribution >= 0.6 is 0 Å². The third-order valence-electron chi connectivity index (χ3n) is 7.97. The number of benzene rings is 2. The molecule has 0 amide bonds. The van der Waals surface area contributed by atoms with Crippen LogP contribution in [0.2, 0.25) is 0 Å². The highest BCUT2D eigenvalue weighted by Crippen LogP contribution is 2.69. The lowest BCUT2D eigenvalue weighted by atomic mass is 9.39. The van der Waals surface area contributed by atoms with Crippen LogP contribution in [0.4, 0.5) is 10.2 Å². The van der Waals surface area contributed by atoms with E-state index in [1.165, 1.54) is 24.8 Å². The molecule has 4 aliphatic rings. The Labute approximate surface area is 198 Å². The van der Waals surface area contributed by atoms with Gasteiger partial charge in [-0.25, -0.2) is 9.37 Å². The Hall–Kier alpha value is -2.99. The van der Waals surface area contributed by atoms with E-state index in [2.05, 4.69) is 30.4 Å². The van der Waals surface area contributed by atoms with Crippen molar-refractivity contribution in [2.45, 2.75) is 50.5 Å². The fraction of sp³-hybridized carbons (Fsp3) is 0.429. The molecule has 3 aliphatic carbocycles. The molecule has 2 aromatic carbocycles. The Morgan fingerprint density at radius 2 is 1.82 bits per heavy atom. The number of hydrogen-bond acceptors (Lipinski definition) is 5. The van der Waals surface area contributed by atoms with Gasteiger partial charge in [0.05, 0.1) is 18.0 Å². The molecule has 1 N–H and O–H groups in total. The molecule has 176 valence electrons. The van der Waals surface area contributed by atoms with E-state index in [0.717, 1.165) is 78.7 Å². The van der Waals surface area contributed by atoms with Gasteiger partial charge >= 0.3 is 5.97 Å². The minimum atomic E-state index is -0.326. The van der Waals surface area contributed by atoms with Gasteiger partial charge in [0.25, 0.3) is 0 Å². The summed E-state index contributed by atoms with van der Waals surface area (Å²) >= 11 is 0. The number of esters is 1. The Morgan fingerprint density at radius 3 is 2.50 bits per heavy atom. The highest BCUT2D eigenvalue weighted by Gasteiger charge is 2.72. The third-order valence-corrected chi connectivity index (χ3v) is 7.97. The molecule has 3 saturated carbocycles. The van der Waals surface area contributed by atoms with Gasteiger partial charge in [-0.3, -0.25) is 4.79 Å². The van der Waals surface area contributed by atoms with Gasteiger partial charge in [-0.1, -0.05) is 24.3 Å². The number of carbonyl (C=O) groups excluding carboxylic acids is 1. The molecule has 0 radical (unpaired) electrons. The van der Waals surface area contributed by atoms with Gasteiger partial charge in [-0.15, -0.1) is 0 Å². The second-order valence-corrected chi connectivity index (χ2v) is 10.4. The molecule has 34 heavy (non-hydrogen) atoms. The zero-order chi connectivity index (χ0) is 23.5. The van der Waals surface area contributed by atoms with E-state index in [0.29, 0.717) is 0 Å². The van der Waals surface area contributed by atoms with Crippen LogP contribution in [-0.2, 0) is 14.3 Å². The lowest BCUT2D eigenvalue weighted by Gasteiger charge is -2.68. The van der Waals surface area contributed by atoms with Crippen LogP contribution in [0, 0.1) is 18.2 Å². The molecule has 0 spiro atoms. The predicted molar refractivity (Wildman–Crippen MR) is 129 cm³/mol. The number of nitrogens with zero attached hydrogens (tertiary/aromatic N) is 1. The van der Waals surface area contributed by atoms with Crippen LogP contribution in [0.15, 0.2) is 42.5 Å². The highest BCUT2D eigenvalue weighted by molar-refractivity contribution is 5.99. The summed E-state index contributed by atoms with van der Waals surface area (Å²) in [5.41, 5.74) is 4.92. The van der Waals surface area contributed by atoms with E-state index in [9.17, 15) is 9.18 Å². The van der Waals surface area contributed by atoms with Crippen LogP contribution in [0.3, 0.4) is 0 Å². The number of pyridine rings is 1. The monoisotopic (exact) mass is 460 g/mol. The summed E-state index contributed by atoms with van der Waals surface area (Å²) in [5.74, 6) is 0.833. The molecule has 5 nitrogen and oxygen atoms in total. The van der Waals surface area contributed by atoms with E-state index in [1.54, 1.807) is 0 Å². The van der Waals surface area contributed by atoms with E-state index >= 15 is 0 Å². The molecule has 4 fully saturated rings. The van der Waals surface area contributed by atoms with Crippen molar-refractivity contribution in [2.75, 3.05) is 25.6 Å². The summed E-state index contributed by atoms with van der Waals surface area (Å²) in [6.07, 6.45) is 4.17. The van der Waals surface area contributed by atoms with Crippen LogP contribution < -0.4 is 5.32 Å². The fourth-order valence-electron chi connectivity index (χ4n) is 6.40. The van der Waals surface area contributed by atoms with Crippen molar-refractivity contribution >= 4 is 22.7 Å². The van der Waals surface area contributed by atoms with E-state index in [4.69, 9.17) is 14.5 Å². The molecule has 0 atom stereocenters. The maximum absolute atomic E-state index is 13.8. The molecule has 7 rings (SSSR count). The number of carbonyl (C=O) groups is 1. The Kier molecular flexibility index (Phi) is 4.92. The number of halogens is 1. The van der Waals surface area contributed by atoms with Crippen molar-refractivity contribution in [3.8, 4) is 11.1 Å². The van der Waals surface area contributed by atoms with Crippen LogP contribution in [0.1, 0.15) is 49.1 Å². The van der Waals surface area contributed by atoms with Crippen molar-refractivity contribution in [2.24, 2.45) is 5.41 Å². The predicted octanol–water partition coefficient (Wildman–Crippen LogP) is 5.75. The van der Waals surface area contributed by atoms with Gasteiger partial charge in [-0.2, -0.15) is 0 Å². The van der Waals surface area contributed by atoms with Crippen molar-refractivity contribution in [3.05, 3.63) is 59.4 Å². The van der Waals surface area contributed by atoms with E-state index < -0.39 is 0 Å². The molecule has 1 aliphatic heterocycles. The molecule has 6 heteroatoms. The number of rotatable bonds is 5. The van der Waals surface area contributed by atoms with Crippen molar-refractivity contribution < 1.29 is 18.7 Å². The zero-order valence-electron chi connectivity index (χ0n) is 19.6. The number of aryl methyl sites for hydroxylation is 1. The molecule has 3 aromatic rings. The van der Waals surface area contributed by atoms with Gasteiger partial charge in [0.1, 0.15) is 11.6 Å². The van der Waals surface area contributed by atoms with Gasteiger partial charge in [-0.05, 0) is 79.8 Å².